The third-order valence-corrected chi connectivity index (χ3v) is 5.32. The maximum atomic E-state index is 10.0. The van der Waals surface area contributed by atoms with Gasteiger partial charge in [-0.15, -0.1) is 0 Å². The lowest BCUT2D eigenvalue weighted by atomic mass is 10.1. The second kappa shape index (κ2) is 23.0. The Morgan fingerprint density at radius 3 is 2.30 bits per heavy atom. The molecule has 0 aliphatic rings. The zero-order chi connectivity index (χ0) is 27.9. The smallest absolute Gasteiger partial charge is 0.178 e. The largest absolute Gasteiger partial charge is 0.508 e. The van der Waals surface area contributed by atoms with Gasteiger partial charge in [-0.3, -0.25) is 5.73 Å². The molecule has 8 nitrogen and oxygen atoms in total. The average molecular weight is 522 g/mol. The Kier molecular flexibility index (Phi) is 21.6. The van der Waals surface area contributed by atoms with Gasteiger partial charge in [0.05, 0.1) is 12.7 Å². The first-order chi connectivity index (χ1) is 17.7. The zero-order valence-corrected chi connectivity index (χ0v) is 23.1. The summed E-state index contributed by atoms with van der Waals surface area (Å²) in [5.41, 5.74) is 8.62. The maximum absolute atomic E-state index is 10.0. The lowest BCUT2D eigenvalue weighted by molar-refractivity contribution is 0.126. The van der Waals surface area contributed by atoms with Crippen molar-refractivity contribution in [1.29, 1.82) is 0 Å². The van der Waals surface area contributed by atoms with Gasteiger partial charge in [-0.05, 0) is 77.6 Å². The van der Waals surface area contributed by atoms with Crippen LogP contribution in [0.2, 0.25) is 0 Å². The second-order valence-electron chi connectivity index (χ2n) is 9.21. The monoisotopic (exact) mass is 521 g/mol. The third-order valence-electron chi connectivity index (χ3n) is 5.32. The van der Waals surface area contributed by atoms with E-state index in [9.17, 15) is 20.4 Å². The molecule has 2 unspecified atom stereocenters. The fraction of sp³-hybridized carbons (Fsp3) is 0.586. The van der Waals surface area contributed by atoms with Crippen LogP contribution in [0.5, 0.6) is 0 Å². The first-order valence-electron chi connectivity index (χ1n) is 13.2. The predicted molar refractivity (Wildman–Crippen MR) is 153 cm³/mol. The molecule has 212 valence electrons. The van der Waals surface area contributed by atoms with Gasteiger partial charge in [-0.2, -0.15) is 0 Å². The molecule has 37 heavy (non-hydrogen) atoms. The van der Waals surface area contributed by atoms with E-state index in [2.05, 4.69) is 24.1 Å². The SMILES string of the molecule is C=C(C)/C=C(\C=C(/C)CCCCOCCCCCCNCC(O)/C=C/C(CO)=C(O)\C=C/C)NC(N)O. The van der Waals surface area contributed by atoms with Gasteiger partial charge in [0.2, 0.25) is 0 Å². The number of hydrogen-bond donors (Lipinski definition) is 7. The molecule has 0 aromatic carbocycles. The Morgan fingerprint density at radius 1 is 1.00 bits per heavy atom. The minimum atomic E-state index is -1.10. The minimum Gasteiger partial charge on any atom is -0.508 e. The molecule has 0 fully saturated rings. The number of nitrogens with one attached hydrogen (secondary N) is 2. The Hall–Kier alpha value is -2.20. The van der Waals surface area contributed by atoms with Crippen molar-refractivity contribution in [1.82, 2.24) is 10.6 Å². The van der Waals surface area contributed by atoms with Crippen LogP contribution < -0.4 is 16.4 Å². The van der Waals surface area contributed by atoms with Crippen molar-refractivity contribution in [2.75, 3.05) is 32.9 Å². The van der Waals surface area contributed by atoms with Crippen molar-refractivity contribution in [2.24, 2.45) is 5.73 Å². The highest BCUT2D eigenvalue weighted by Gasteiger charge is 2.02. The minimum absolute atomic E-state index is 0.00241. The van der Waals surface area contributed by atoms with E-state index in [4.69, 9.17) is 10.5 Å². The second-order valence-corrected chi connectivity index (χ2v) is 9.21. The molecule has 0 aromatic rings. The molecule has 0 aromatic heterocycles. The van der Waals surface area contributed by atoms with Crippen molar-refractivity contribution in [3.05, 3.63) is 71.2 Å². The van der Waals surface area contributed by atoms with E-state index in [0.29, 0.717) is 12.1 Å². The first-order valence-corrected chi connectivity index (χ1v) is 13.2. The number of hydrogen-bond acceptors (Lipinski definition) is 8. The van der Waals surface area contributed by atoms with Crippen molar-refractivity contribution < 1.29 is 25.2 Å². The highest BCUT2D eigenvalue weighted by molar-refractivity contribution is 5.29. The third kappa shape index (κ3) is 21.6. The van der Waals surface area contributed by atoms with Crippen molar-refractivity contribution in [3.63, 3.8) is 0 Å². The molecule has 0 spiro atoms. The number of aliphatic hydroxyl groups is 4. The number of aliphatic hydroxyl groups excluding tert-OH is 4. The molecule has 0 bridgehead atoms. The van der Waals surface area contributed by atoms with E-state index in [1.165, 1.54) is 11.6 Å². The van der Waals surface area contributed by atoms with Gasteiger partial charge in [-0.25, -0.2) is 0 Å². The maximum Gasteiger partial charge on any atom is 0.178 e. The molecule has 0 aliphatic carbocycles. The molecule has 2 atom stereocenters. The van der Waals surface area contributed by atoms with Crippen molar-refractivity contribution >= 4 is 0 Å². The number of nitrogens with two attached hydrogens (primary N) is 1. The molecule has 8 heteroatoms. The van der Waals surface area contributed by atoms with E-state index >= 15 is 0 Å². The van der Waals surface area contributed by atoms with Crippen LogP contribution >= 0.6 is 0 Å². The lowest BCUT2D eigenvalue weighted by Crippen LogP contribution is -2.35. The van der Waals surface area contributed by atoms with Crippen LogP contribution in [0.3, 0.4) is 0 Å². The quantitative estimate of drug-likeness (QED) is 0.0493. The van der Waals surface area contributed by atoms with Crippen LogP contribution in [0.1, 0.15) is 65.7 Å². The van der Waals surface area contributed by atoms with Crippen LogP contribution in [0.4, 0.5) is 0 Å². The zero-order valence-electron chi connectivity index (χ0n) is 23.1. The summed E-state index contributed by atoms with van der Waals surface area (Å²) in [6.07, 6.45) is 15.6. The van der Waals surface area contributed by atoms with Gasteiger partial charge in [0.1, 0.15) is 5.76 Å². The fourth-order valence-electron chi connectivity index (χ4n) is 3.45. The Bertz CT molecular complexity index is 770. The van der Waals surface area contributed by atoms with Gasteiger partial charge >= 0.3 is 0 Å². The van der Waals surface area contributed by atoms with Crippen LogP contribution in [-0.4, -0.2) is 65.8 Å². The van der Waals surface area contributed by atoms with Crippen LogP contribution in [0, 0.1) is 0 Å². The topological polar surface area (TPSA) is 140 Å². The van der Waals surface area contributed by atoms with Gasteiger partial charge in [0, 0.05) is 31.0 Å². The molecule has 0 rings (SSSR count). The summed E-state index contributed by atoms with van der Waals surface area (Å²) >= 11 is 0. The summed E-state index contributed by atoms with van der Waals surface area (Å²) in [6.45, 7) is 12.1. The number of unbranched alkanes of at least 4 members (excludes halogenated alkanes) is 4. The molecule has 0 saturated heterocycles. The summed E-state index contributed by atoms with van der Waals surface area (Å²) < 4.78 is 5.74. The van der Waals surface area contributed by atoms with E-state index in [1.54, 1.807) is 25.2 Å². The van der Waals surface area contributed by atoms with Crippen LogP contribution in [0.25, 0.3) is 0 Å². The average Bonchev–Trinajstić information content (AvgIpc) is 2.81. The van der Waals surface area contributed by atoms with E-state index in [0.717, 1.165) is 76.0 Å². The van der Waals surface area contributed by atoms with Gasteiger partial charge in [-0.1, -0.05) is 48.8 Å². The van der Waals surface area contributed by atoms with Gasteiger partial charge in [0.25, 0.3) is 0 Å². The van der Waals surface area contributed by atoms with E-state index in [-0.39, 0.29) is 12.4 Å². The lowest BCUT2D eigenvalue weighted by Gasteiger charge is -2.12. The summed E-state index contributed by atoms with van der Waals surface area (Å²) in [7, 11) is 0. The molecule has 0 heterocycles. The number of ether oxygens (including phenoxy) is 1. The first kappa shape index (κ1) is 34.8. The Labute approximate surface area is 224 Å². The molecular formula is C29H51N3O5. The van der Waals surface area contributed by atoms with Gasteiger partial charge in [0.15, 0.2) is 6.35 Å². The summed E-state index contributed by atoms with van der Waals surface area (Å²) in [5.74, 6) is -0.00241. The molecule has 0 amide bonds. The van der Waals surface area contributed by atoms with Crippen molar-refractivity contribution in [3.8, 4) is 0 Å². The normalized spacial score (nSPS) is 15.3. The molecule has 0 aliphatic heterocycles. The number of allylic oxidation sites excluding steroid dienone is 6. The summed E-state index contributed by atoms with van der Waals surface area (Å²) in [5, 5.41) is 44.4. The molecular weight excluding hydrogens is 470 g/mol. The molecule has 0 saturated carbocycles. The highest BCUT2D eigenvalue weighted by Crippen LogP contribution is 2.11. The highest BCUT2D eigenvalue weighted by atomic mass is 16.5. The van der Waals surface area contributed by atoms with E-state index < -0.39 is 12.5 Å². The molecule has 8 N–H and O–H groups in total. The van der Waals surface area contributed by atoms with Crippen LogP contribution in [0.15, 0.2) is 71.2 Å². The van der Waals surface area contributed by atoms with E-state index in [1.807, 2.05) is 19.1 Å². The van der Waals surface area contributed by atoms with Gasteiger partial charge < -0.3 is 35.8 Å². The van der Waals surface area contributed by atoms with Crippen molar-refractivity contribution in [2.45, 2.75) is 78.2 Å². The summed E-state index contributed by atoms with van der Waals surface area (Å²) in [4.78, 5) is 0. The Balaban J connectivity index is 3.81. The standard InChI is InChI=1S/C29H51N3O5/c1-5-12-28(35)25(22-33)14-15-27(34)21-31-16-9-6-7-10-17-37-18-11-8-13-24(4)20-26(19-23(2)3)32-29(30)36/h5,12,14-15,19-20,27,29,31-36H,2,6-11,13,16-18,21-22,30H2,1,3-4H3/b12-5-,15-14+,24-20+,26-19+,28-25-. The summed E-state index contributed by atoms with van der Waals surface area (Å²) in [6, 6.07) is 0. The predicted octanol–water partition coefficient (Wildman–Crippen LogP) is 3.85. The molecule has 0 radical (unpaired) electrons. The Morgan fingerprint density at radius 2 is 1.68 bits per heavy atom. The number of rotatable bonds is 22. The fourth-order valence-corrected chi connectivity index (χ4v) is 3.45. The van der Waals surface area contributed by atoms with Crippen LogP contribution in [-0.2, 0) is 4.74 Å².